The smallest absolute Gasteiger partial charge is 0.305 e. The number of nitrogens with one attached hydrogen (secondary N) is 2. The highest BCUT2D eigenvalue weighted by Crippen LogP contribution is 2.31. The Balaban J connectivity index is 1.98. The van der Waals surface area contributed by atoms with E-state index in [-0.39, 0.29) is 18.2 Å². The fourth-order valence-electron chi connectivity index (χ4n) is 3.30. The van der Waals surface area contributed by atoms with Crippen LogP contribution in [0.4, 0.5) is 0 Å². The first-order chi connectivity index (χ1) is 9.11. The Labute approximate surface area is 114 Å². The Kier molecular flexibility index (Phi) is 4.80. The van der Waals surface area contributed by atoms with Crippen molar-refractivity contribution in [2.45, 2.75) is 56.9 Å². The normalized spacial score (nSPS) is 26.6. The predicted octanol–water partition coefficient (Wildman–Crippen LogP) is 1.28. The van der Waals surface area contributed by atoms with Crippen LogP contribution in [-0.4, -0.2) is 35.6 Å². The molecule has 1 aliphatic carbocycles. The quantitative estimate of drug-likeness (QED) is 0.717. The molecule has 19 heavy (non-hydrogen) atoms. The number of hydrogen-bond acceptors (Lipinski definition) is 3. The van der Waals surface area contributed by atoms with Crippen molar-refractivity contribution >= 4 is 11.9 Å². The second-order valence-corrected chi connectivity index (χ2v) is 5.94. The first-order valence-corrected chi connectivity index (χ1v) is 7.36. The molecule has 2 fully saturated rings. The molecule has 5 heteroatoms. The van der Waals surface area contributed by atoms with Crippen LogP contribution in [0.25, 0.3) is 0 Å². The van der Waals surface area contributed by atoms with E-state index in [1.54, 1.807) is 0 Å². The minimum Gasteiger partial charge on any atom is -0.481 e. The molecule has 1 saturated heterocycles. The monoisotopic (exact) mass is 268 g/mol. The summed E-state index contributed by atoms with van der Waals surface area (Å²) in [5.74, 6) is -0.777. The van der Waals surface area contributed by atoms with Gasteiger partial charge in [-0.25, -0.2) is 0 Å². The van der Waals surface area contributed by atoms with E-state index in [1.165, 1.54) is 0 Å². The molecule has 3 N–H and O–H groups in total. The highest BCUT2D eigenvalue weighted by molar-refractivity contribution is 5.81. The third kappa shape index (κ3) is 3.93. The molecule has 1 amide bonds. The summed E-state index contributed by atoms with van der Waals surface area (Å²) >= 11 is 0. The van der Waals surface area contributed by atoms with Crippen molar-refractivity contribution in [3.8, 4) is 0 Å². The summed E-state index contributed by atoms with van der Waals surface area (Å²) in [4.78, 5) is 23.4. The van der Waals surface area contributed by atoms with E-state index >= 15 is 0 Å². The number of carbonyl (C=O) groups is 2. The van der Waals surface area contributed by atoms with Crippen LogP contribution in [0, 0.1) is 5.92 Å². The lowest BCUT2D eigenvalue weighted by molar-refractivity contribution is -0.140. The number of rotatable bonds is 4. The van der Waals surface area contributed by atoms with E-state index in [0.29, 0.717) is 0 Å². The first kappa shape index (κ1) is 14.3. The summed E-state index contributed by atoms with van der Waals surface area (Å²) < 4.78 is 0. The summed E-state index contributed by atoms with van der Waals surface area (Å²) in [6, 6.07) is 0. The molecule has 0 radical (unpaired) electrons. The topological polar surface area (TPSA) is 78.4 Å². The van der Waals surface area contributed by atoms with Crippen LogP contribution in [0.1, 0.15) is 51.4 Å². The molecule has 0 spiro atoms. The number of carbonyl (C=O) groups excluding carboxylic acids is 1. The Hall–Kier alpha value is -1.10. The number of carboxylic acid groups (broad SMARTS) is 1. The third-order valence-electron chi connectivity index (χ3n) is 4.36. The van der Waals surface area contributed by atoms with E-state index in [0.717, 1.165) is 58.0 Å². The number of piperidine rings is 1. The number of amides is 1. The Bertz CT molecular complexity index is 332. The first-order valence-electron chi connectivity index (χ1n) is 7.36. The largest absolute Gasteiger partial charge is 0.481 e. The zero-order chi connectivity index (χ0) is 13.7. The third-order valence-corrected chi connectivity index (χ3v) is 4.36. The van der Waals surface area contributed by atoms with E-state index in [4.69, 9.17) is 5.11 Å². The Morgan fingerprint density at radius 3 is 2.53 bits per heavy atom. The fraction of sp³-hybridized carbons (Fsp3) is 0.857. The van der Waals surface area contributed by atoms with Gasteiger partial charge >= 0.3 is 5.97 Å². The molecule has 0 aromatic heterocycles. The van der Waals surface area contributed by atoms with Crippen molar-refractivity contribution in [2.75, 3.05) is 13.1 Å². The highest BCUT2D eigenvalue weighted by atomic mass is 16.4. The molecular formula is C14H24N2O3. The van der Waals surface area contributed by atoms with Gasteiger partial charge in [0.25, 0.3) is 0 Å². The van der Waals surface area contributed by atoms with E-state index in [1.807, 2.05) is 0 Å². The van der Waals surface area contributed by atoms with Gasteiger partial charge in [-0.05, 0) is 32.2 Å². The summed E-state index contributed by atoms with van der Waals surface area (Å²) in [7, 11) is 0. The van der Waals surface area contributed by atoms with Gasteiger partial charge in [-0.2, -0.15) is 0 Å². The van der Waals surface area contributed by atoms with Crippen molar-refractivity contribution in [2.24, 2.45) is 5.92 Å². The zero-order valence-corrected chi connectivity index (χ0v) is 11.4. The number of carboxylic acids is 1. The molecule has 1 aliphatic heterocycles. The molecule has 0 aromatic carbocycles. The molecule has 5 nitrogen and oxygen atoms in total. The van der Waals surface area contributed by atoms with Crippen LogP contribution >= 0.6 is 0 Å². The van der Waals surface area contributed by atoms with Gasteiger partial charge in [0.05, 0.1) is 17.9 Å². The predicted molar refractivity (Wildman–Crippen MR) is 71.8 cm³/mol. The maximum Gasteiger partial charge on any atom is 0.305 e. The van der Waals surface area contributed by atoms with Crippen molar-refractivity contribution in [3.05, 3.63) is 0 Å². The SMILES string of the molecule is O=C(O)CC1(NC(=O)C2CCCNC2)CCCCC1. The molecule has 1 saturated carbocycles. The second kappa shape index (κ2) is 6.37. The van der Waals surface area contributed by atoms with Gasteiger partial charge < -0.3 is 15.7 Å². The molecule has 1 heterocycles. The highest BCUT2D eigenvalue weighted by Gasteiger charge is 2.37. The van der Waals surface area contributed by atoms with E-state index in [9.17, 15) is 9.59 Å². The van der Waals surface area contributed by atoms with Gasteiger partial charge in [-0.3, -0.25) is 9.59 Å². The van der Waals surface area contributed by atoms with E-state index in [2.05, 4.69) is 10.6 Å². The van der Waals surface area contributed by atoms with Crippen molar-refractivity contribution < 1.29 is 14.7 Å². The summed E-state index contributed by atoms with van der Waals surface area (Å²) in [5.41, 5.74) is -0.501. The van der Waals surface area contributed by atoms with Gasteiger partial charge in [0.15, 0.2) is 0 Å². The number of aliphatic carboxylic acids is 1. The standard InChI is InChI=1S/C14H24N2O3/c17-12(18)9-14(6-2-1-3-7-14)16-13(19)11-5-4-8-15-10-11/h11,15H,1-10H2,(H,16,19)(H,17,18). The molecule has 2 aliphatic rings. The van der Waals surface area contributed by atoms with Crippen molar-refractivity contribution in [1.82, 2.24) is 10.6 Å². The summed E-state index contributed by atoms with van der Waals surface area (Å²) in [6.07, 6.45) is 6.73. The lowest BCUT2D eigenvalue weighted by Gasteiger charge is -2.38. The lowest BCUT2D eigenvalue weighted by Crippen LogP contribution is -2.54. The molecular weight excluding hydrogens is 244 g/mol. The molecule has 0 bridgehead atoms. The molecule has 1 unspecified atom stereocenters. The Morgan fingerprint density at radius 1 is 1.21 bits per heavy atom. The van der Waals surface area contributed by atoms with Crippen LogP contribution in [0.2, 0.25) is 0 Å². The molecule has 108 valence electrons. The summed E-state index contributed by atoms with van der Waals surface area (Å²) in [5, 5.41) is 15.4. The minimum absolute atomic E-state index is 0.00125. The number of hydrogen-bond donors (Lipinski definition) is 3. The van der Waals surface area contributed by atoms with Crippen LogP contribution in [0.3, 0.4) is 0 Å². The van der Waals surface area contributed by atoms with Crippen LogP contribution < -0.4 is 10.6 Å². The average molecular weight is 268 g/mol. The van der Waals surface area contributed by atoms with Gasteiger partial charge in [-0.1, -0.05) is 19.3 Å². The van der Waals surface area contributed by atoms with E-state index < -0.39 is 11.5 Å². The van der Waals surface area contributed by atoms with Gasteiger partial charge in [0, 0.05) is 6.54 Å². The van der Waals surface area contributed by atoms with Gasteiger partial charge in [0.2, 0.25) is 5.91 Å². The minimum atomic E-state index is -0.816. The van der Waals surface area contributed by atoms with Crippen LogP contribution in [-0.2, 0) is 9.59 Å². The van der Waals surface area contributed by atoms with Crippen LogP contribution in [0.5, 0.6) is 0 Å². The van der Waals surface area contributed by atoms with Crippen LogP contribution in [0.15, 0.2) is 0 Å². The lowest BCUT2D eigenvalue weighted by atomic mass is 9.78. The van der Waals surface area contributed by atoms with Gasteiger partial charge in [-0.15, -0.1) is 0 Å². The molecule has 1 atom stereocenters. The maximum absolute atomic E-state index is 12.3. The zero-order valence-electron chi connectivity index (χ0n) is 11.4. The fourth-order valence-corrected chi connectivity index (χ4v) is 3.30. The van der Waals surface area contributed by atoms with Crippen molar-refractivity contribution in [1.29, 1.82) is 0 Å². The van der Waals surface area contributed by atoms with Crippen molar-refractivity contribution in [3.63, 3.8) is 0 Å². The average Bonchev–Trinajstić information content (AvgIpc) is 2.39. The Morgan fingerprint density at radius 2 is 1.95 bits per heavy atom. The van der Waals surface area contributed by atoms with Gasteiger partial charge in [0.1, 0.15) is 0 Å². The maximum atomic E-state index is 12.3. The summed E-state index contributed by atoms with van der Waals surface area (Å²) in [6.45, 7) is 1.69. The second-order valence-electron chi connectivity index (χ2n) is 5.94. The molecule has 2 rings (SSSR count). The molecule has 0 aromatic rings.